The van der Waals surface area contributed by atoms with Gasteiger partial charge in [0.1, 0.15) is 17.4 Å². The van der Waals surface area contributed by atoms with Crippen molar-refractivity contribution >= 4 is 28.1 Å². The molecule has 3 aromatic carbocycles. The van der Waals surface area contributed by atoms with Crippen LogP contribution in [0, 0.1) is 12.7 Å². The van der Waals surface area contributed by atoms with Crippen molar-refractivity contribution in [2.24, 2.45) is 0 Å². The van der Waals surface area contributed by atoms with Gasteiger partial charge in [-0.05, 0) is 56.5 Å². The van der Waals surface area contributed by atoms with Gasteiger partial charge in [0.25, 0.3) is 5.91 Å². The van der Waals surface area contributed by atoms with E-state index in [4.69, 9.17) is 4.74 Å². The summed E-state index contributed by atoms with van der Waals surface area (Å²) in [4.78, 5) is 23.6. The van der Waals surface area contributed by atoms with Crippen molar-refractivity contribution in [1.29, 1.82) is 0 Å². The third kappa shape index (κ3) is 4.69. The molecule has 6 nitrogen and oxygen atoms in total. The Labute approximate surface area is 197 Å². The number of carbonyl (C=O) groups is 1. The second-order valence-electron chi connectivity index (χ2n) is 8.40. The van der Waals surface area contributed by atoms with Crippen LogP contribution in [0.2, 0.25) is 0 Å². The topological polar surface area (TPSA) is 67.3 Å². The van der Waals surface area contributed by atoms with Crippen molar-refractivity contribution in [3.63, 3.8) is 0 Å². The fraction of sp³-hybridized carbons (Fsp3) is 0.222. The highest BCUT2D eigenvalue weighted by atomic mass is 19.1. The Hall–Kier alpha value is -4.00. The molecule has 0 radical (unpaired) electrons. The molecular formula is C27H25FN4O2. The minimum Gasteiger partial charge on any atom is -0.438 e. The molecule has 0 bridgehead atoms. The molecule has 1 saturated heterocycles. The molecular weight excluding hydrogens is 431 g/mol. The highest BCUT2D eigenvalue weighted by Gasteiger charge is 2.17. The molecule has 1 aliphatic rings. The van der Waals surface area contributed by atoms with Gasteiger partial charge in [0, 0.05) is 53.1 Å². The second kappa shape index (κ2) is 9.47. The van der Waals surface area contributed by atoms with Crippen LogP contribution < -0.4 is 15.0 Å². The van der Waals surface area contributed by atoms with Crippen LogP contribution in [0.4, 0.5) is 15.8 Å². The summed E-state index contributed by atoms with van der Waals surface area (Å²) in [6.07, 6.45) is 4.98. The molecule has 2 heterocycles. The Bertz CT molecular complexity index is 1350. The van der Waals surface area contributed by atoms with Crippen molar-refractivity contribution in [1.82, 2.24) is 9.97 Å². The number of halogens is 1. The van der Waals surface area contributed by atoms with Gasteiger partial charge >= 0.3 is 0 Å². The van der Waals surface area contributed by atoms with E-state index >= 15 is 0 Å². The smallest absolute Gasteiger partial charge is 0.255 e. The summed E-state index contributed by atoms with van der Waals surface area (Å²) >= 11 is 0. The number of piperidine rings is 1. The SMILES string of the molecule is Cc1nccc(Oc2ccc(NC(=O)c3cc(F)cc(N4CCCCC4)c3)c3ccccc23)n1. The summed E-state index contributed by atoms with van der Waals surface area (Å²) in [5.74, 6) is 0.902. The first-order valence-corrected chi connectivity index (χ1v) is 11.4. The number of benzene rings is 3. The van der Waals surface area contributed by atoms with E-state index in [2.05, 4.69) is 20.2 Å². The van der Waals surface area contributed by atoms with Crippen LogP contribution in [0.3, 0.4) is 0 Å². The summed E-state index contributed by atoms with van der Waals surface area (Å²) in [7, 11) is 0. The lowest BCUT2D eigenvalue weighted by Gasteiger charge is -2.29. The molecule has 4 aromatic rings. The van der Waals surface area contributed by atoms with Crippen LogP contribution in [0.5, 0.6) is 11.6 Å². The molecule has 1 N–H and O–H groups in total. The number of rotatable bonds is 5. The molecule has 0 saturated carbocycles. The van der Waals surface area contributed by atoms with E-state index in [0.717, 1.165) is 42.4 Å². The predicted octanol–water partition coefficient (Wildman–Crippen LogP) is 6.11. The Morgan fingerprint density at radius 2 is 1.79 bits per heavy atom. The number of aryl methyl sites for hydroxylation is 1. The molecule has 1 aliphatic heterocycles. The Morgan fingerprint density at radius 3 is 2.59 bits per heavy atom. The Kier molecular flexibility index (Phi) is 6.08. The molecule has 7 heteroatoms. The van der Waals surface area contributed by atoms with Crippen LogP contribution in [0.25, 0.3) is 10.8 Å². The van der Waals surface area contributed by atoms with E-state index in [-0.39, 0.29) is 5.91 Å². The predicted molar refractivity (Wildman–Crippen MR) is 131 cm³/mol. The van der Waals surface area contributed by atoms with Gasteiger partial charge in [0.05, 0.1) is 0 Å². The minimum atomic E-state index is -0.415. The van der Waals surface area contributed by atoms with Crippen molar-refractivity contribution in [2.45, 2.75) is 26.2 Å². The molecule has 1 fully saturated rings. The van der Waals surface area contributed by atoms with E-state index in [1.807, 2.05) is 24.3 Å². The van der Waals surface area contributed by atoms with Gasteiger partial charge in [-0.3, -0.25) is 4.79 Å². The number of ether oxygens (including phenoxy) is 1. The van der Waals surface area contributed by atoms with E-state index in [0.29, 0.717) is 28.7 Å². The molecule has 0 spiro atoms. The Balaban J connectivity index is 1.43. The quantitative estimate of drug-likeness (QED) is 0.392. The van der Waals surface area contributed by atoms with Crippen LogP contribution in [0.15, 0.2) is 66.9 Å². The van der Waals surface area contributed by atoms with Gasteiger partial charge in [-0.15, -0.1) is 0 Å². The van der Waals surface area contributed by atoms with Crippen LogP contribution >= 0.6 is 0 Å². The molecule has 34 heavy (non-hydrogen) atoms. The number of hydrogen-bond donors (Lipinski definition) is 1. The zero-order valence-corrected chi connectivity index (χ0v) is 18.9. The number of nitrogens with zero attached hydrogens (tertiary/aromatic N) is 3. The number of anilines is 2. The lowest BCUT2D eigenvalue weighted by Crippen LogP contribution is -2.29. The number of carbonyl (C=O) groups excluding carboxylic acids is 1. The van der Waals surface area contributed by atoms with E-state index in [9.17, 15) is 9.18 Å². The minimum absolute atomic E-state index is 0.293. The maximum atomic E-state index is 14.4. The normalized spacial score (nSPS) is 13.6. The van der Waals surface area contributed by atoms with E-state index in [1.165, 1.54) is 18.6 Å². The van der Waals surface area contributed by atoms with E-state index < -0.39 is 5.82 Å². The number of nitrogens with one attached hydrogen (secondary N) is 1. The van der Waals surface area contributed by atoms with Crippen molar-refractivity contribution in [3.05, 3.63) is 84.1 Å². The monoisotopic (exact) mass is 456 g/mol. The van der Waals surface area contributed by atoms with E-state index in [1.54, 1.807) is 37.4 Å². The lowest BCUT2D eigenvalue weighted by atomic mass is 10.1. The van der Waals surface area contributed by atoms with Gasteiger partial charge in [-0.25, -0.2) is 9.37 Å². The van der Waals surface area contributed by atoms with Gasteiger partial charge in [-0.1, -0.05) is 24.3 Å². The standard InChI is InChI=1S/C27H25FN4O2/c1-18-29-12-11-26(30-18)34-25-10-9-24(22-7-3-4-8-23(22)25)31-27(33)19-15-20(28)17-21(16-19)32-13-5-2-6-14-32/h3-4,7-12,15-17H,2,5-6,13-14H2,1H3,(H,31,33). The third-order valence-electron chi connectivity index (χ3n) is 5.96. The molecule has 1 aromatic heterocycles. The number of hydrogen-bond acceptors (Lipinski definition) is 5. The zero-order valence-electron chi connectivity index (χ0n) is 18.9. The summed E-state index contributed by atoms with van der Waals surface area (Å²) in [5, 5.41) is 4.59. The zero-order chi connectivity index (χ0) is 23.5. The summed E-state index contributed by atoms with van der Waals surface area (Å²) < 4.78 is 20.4. The van der Waals surface area contributed by atoms with Crippen LogP contribution in [0.1, 0.15) is 35.4 Å². The summed E-state index contributed by atoms with van der Waals surface area (Å²) in [5.41, 5.74) is 1.66. The number of amides is 1. The molecule has 5 rings (SSSR count). The van der Waals surface area contributed by atoms with Gasteiger partial charge in [0.15, 0.2) is 0 Å². The Morgan fingerprint density at radius 1 is 1.00 bits per heavy atom. The molecule has 172 valence electrons. The highest BCUT2D eigenvalue weighted by Crippen LogP contribution is 2.34. The summed E-state index contributed by atoms with van der Waals surface area (Å²) in [6, 6.07) is 17.4. The number of aromatic nitrogens is 2. The van der Waals surface area contributed by atoms with Crippen LogP contribution in [-0.2, 0) is 0 Å². The number of fused-ring (bicyclic) bond motifs is 1. The van der Waals surface area contributed by atoms with Gasteiger partial charge in [-0.2, -0.15) is 4.98 Å². The first kappa shape index (κ1) is 21.8. The van der Waals surface area contributed by atoms with Gasteiger partial charge < -0.3 is 15.0 Å². The average Bonchev–Trinajstić information content (AvgIpc) is 2.86. The molecule has 0 unspecified atom stereocenters. The molecule has 0 atom stereocenters. The maximum Gasteiger partial charge on any atom is 0.255 e. The van der Waals surface area contributed by atoms with Crippen molar-refractivity contribution < 1.29 is 13.9 Å². The first-order valence-electron chi connectivity index (χ1n) is 11.4. The first-order chi connectivity index (χ1) is 16.6. The lowest BCUT2D eigenvalue weighted by molar-refractivity contribution is 0.102. The summed E-state index contributed by atoms with van der Waals surface area (Å²) in [6.45, 7) is 3.55. The highest BCUT2D eigenvalue weighted by molar-refractivity contribution is 6.10. The fourth-order valence-corrected chi connectivity index (χ4v) is 4.31. The third-order valence-corrected chi connectivity index (χ3v) is 5.96. The van der Waals surface area contributed by atoms with Crippen LogP contribution in [-0.4, -0.2) is 29.0 Å². The maximum absolute atomic E-state index is 14.4. The fourth-order valence-electron chi connectivity index (χ4n) is 4.31. The van der Waals surface area contributed by atoms with Crippen molar-refractivity contribution in [2.75, 3.05) is 23.3 Å². The largest absolute Gasteiger partial charge is 0.438 e. The molecule has 1 amide bonds. The average molecular weight is 457 g/mol. The molecule has 0 aliphatic carbocycles. The van der Waals surface area contributed by atoms with Crippen molar-refractivity contribution in [3.8, 4) is 11.6 Å². The second-order valence-corrected chi connectivity index (χ2v) is 8.40. The van der Waals surface area contributed by atoms with Gasteiger partial charge in [0.2, 0.25) is 5.88 Å².